The molecule has 0 aliphatic carbocycles. The molecule has 0 unspecified atom stereocenters. The number of para-hydroxylation sites is 1. The molecular formula is C18H20N2O7. The summed E-state index contributed by atoms with van der Waals surface area (Å²) in [7, 11) is 0. The van der Waals surface area contributed by atoms with Gasteiger partial charge in [-0.1, -0.05) is 18.2 Å². The third-order valence-corrected chi connectivity index (χ3v) is 4.10. The largest absolute Gasteiger partial charge is 0.464 e. The van der Waals surface area contributed by atoms with Crippen LogP contribution in [0.5, 0.6) is 0 Å². The standard InChI is InChI=1S/C18H20N2O7/c1-4-26-16(22)18(17(23)27-5-2)10-13(11(3)21)15(19-18)12-8-6-7-9-14(12)20(24)25/h6-10,15,19H,4-5H2,1-3H3/t15-/m0/s1. The van der Waals surface area contributed by atoms with Crippen molar-refractivity contribution in [2.45, 2.75) is 32.4 Å². The molecule has 144 valence electrons. The van der Waals surface area contributed by atoms with E-state index in [-0.39, 0.29) is 30.0 Å². The van der Waals surface area contributed by atoms with Gasteiger partial charge in [0, 0.05) is 11.6 Å². The highest BCUT2D eigenvalue weighted by molar-refractivity contribution is 6.11. The Morgan fingerprint density at radius 2 is 1.70 bits per heavy atom. The molecule has 0 fully saturated rings. The molecule has 1 aliphatic heterocycles. The van der Waals surface area contributed by atoms with E-state index >= 15 is 0 Å². The average molecular weight is 376 g/mol. The summed E-state index contributed by atoms with van der Waals surface area (Å²) < 4.78 is 9.99. The fourth-order valence-electron chi connectivity index (χ4n) is 2.92. The summed E-state index contributed by atoms with van der Waals surface area (Å²) in [5, 5.41) is 14.1. The first kappa shape index (κ1) is 20.2. The van der Waals surface area contributed by atoms with Crippen LogP contribution in [0.2, 0.25) is 0 Å². The van der Waals surface area contributed by atoms with Gasteiger partial charge < -0.3 is 9.47 Å². The van der Waals surface area contributed by atoms with Gasteiger partial charge in [0.15, 0.2) is 5.78 Å². The topological polar surface area (TPSA) is 125 Å². The molecule has 2 rings (SSSR count). The Morgan fingerprint density at radius 3 is 2.19 bits per heavy atom. The number of nitro benzene ring substituents is 1. The van der Waals surface area contributed by atoms with E-state index in [4.69, 9.17) is 9.47 Å². The predicted molar refractivity (Wildman–Crippen MR) is 93.7 cm³/mol. The van der Waals surface area contributed by atoms with E-state index in [0.29, 0.717) is 0 Å². The Balaban J connectivity index is 2.62. The van der Waals surface area contributed by atoms with Crippen LogP contribution < -0.4 is 5.32 Å². The molecular weight excluding hydrogens is 356 g/mol. The minimum absolute atomic E-state index is 0.00106. The Labute approximate surface area is 155 Å². The molecule has 0 bridgehead atoms. The van der Waals surface area contributed by atoms with Gasteiger partial charge in [0.1, 0.15) is 0 Å². The van der Waals surface area contributed by atoms with Crippen molar-refractivity contribution < 1.29 is 28.8 Å². The molecule has 1 N–H and O–H groups in total. The van der Waals surface area contributed by atoms with E-state index in [1.807, 2.05) is 0 Å². The zero-order valence-corrected chi connectivity index (χ0v) is 15.2. The lowest BCUT2D eigenvalue weighted by atomic mass is 9.96. The van der Waals surface area contributed by atoms with Crippen LogP contribution in [-0.2, 0) is 23.9 Å². The summed E-state index contributed by atoms with van der Waals surface area (Å²) in [4.78, 5) is 48.1. The first-order chi connectivity index (χ1) is 12.8. The van der Waals surface area contributed by atoms with Gasteiger partial charge >= 0.3 is 11.9 Å². The molecule has 1 aliphatic rings. The lowest BCUT2D eigenvalue weighted by Gasteiger charge is -2.25. The van der Waals surface area contributed by atoms with Crippen LogP contribution in [0.25, 0.3) is 0 Å². The predicted octanol–water partition coefficient (Wildman–Crippen LogP) is 1.62. The van der Waals surface area contributed by atoms with Gasteiger partial charge in [-0.2, -0.15) is 0 Å². The number of nitrogens with one attached hydrogen (secondary N) is 1. The second kappa shape index (κ2) is 8.09. The fourth-order valence-corrected chi connectivity index (χ4v) is 2.92. The van der Waals surface area contributed by atoms with Crippen LogP contribution in [0.4, 0.5) is 5.69 Å². The Kier molecular flexibility index (Phi) is 6.06. The van der Waals surface area contributed by atoms with E-state index in [1.165, 1.54) is 25.1 Å². The number of esters is 2. The molecule has 0 spiro atoms. The van der Waals surface area contributed by atoms with Crippen LogP contribution in [0, 0.1) is 10.1 Å². The summed E-state index contributed by atoms with van der Waals surface area (Å²) in [6.07, 6.45) is 1.15. The van der Waals surface area contributed by atoms with Gasteiger partial charge in [0.25, 0.3) is 5.69 Å². The highest BCUT2D eigenvalue weighted by Crippen LogP contribution is 2.38. The van der Waals surface area contributed by atoms with Crippen LogP contribution in [-0.4, -0.2) is 41.4 Å². The SMILES string of the molecule is CCOC(=O)C1(C(=O)OCC)C=C(C(C)=O)[C@H](c2ccccc2[N+](=O)[O-])N1. The number of ether oxygens (including phenoxy) is 2. The van der Waals surface area contributed by atoms with Crippen molar-refractivity contribution in [3.05, 3.63) is 51.6 Å². The van der Waals surface area contributed by atoms with Gasteiger partial charge in [-0.05, 0) is 26.8 Å². The van der Waals surface area contributed by atoms with Gasteiger partial charge in [-0.3, -0.25) is 20.2 Å². The maximum absolute atomic E-state index is 12.6. The van der Waals surface area contributed by atoms with Crippen LogP contribution in [0.3, 0.4) is 0 Å². The summed E-state index contributed by atoms with van der Waals surface area (Å²) in [6, 6.07) is 4.74. The van der Waals surface area contributed by atoms with Gasteiger partial charge in [0.05, 0.1) is 29.7 Å². The van der Waals surface area contributed by atoms with Crippen molar-refractivity contribution in [2.75, 3.05) is 13.2 Å². The van der Waals surface area contributed by atoms with E-state index < -0.39 is 34.2 Å². The number of rotatable bonds is 7. The number of ketones is 1. The van der Waals surface area contributed by atoms with Crippen molar-refractivity contribution >= 4 is 23.4 Å². The minimum atomic E-state index is -2.05. The quantitative estimate of drug-likeness (QED) is 0.329. The van der Waals surface area contributed by atoms with Gasteiger partial charge in [-0.25, -0.2) is 9.59 Å². The third kappa shape index (κ3) is 3.72. The molecule has 0 radical (unpaired) electrons. The Morgan fingerprint density at radius 1 is 1.15 bits per heavy atom. The maximum Gasteiger partial charge on any atom is 0.342 e. The molecule has 9 nitrogen and oxygen atoms in total. The number of carbonyl (C=O) groups is 3. The molecule has 0 amide bonds. The monoisotopic (exact) mass is 376 g/mol. The van der Waals surface area contributed by atoms with E-state index in [0.717, 1.165) is 6.08 Å². The lowest BCUT2D eigenvalue weighted by Crippen LogP contribution is -2.56. The van der Waals surface area contributed by atoms with Gasteiger partial charge in [0.2, 0.25) is 5.54 Å². The maximum atomic E-state index is 12.6. The molecule has 0 saturated heterocycles. The first-order valence-electron chi connectivity index (χ1n) is 8.37. The summed E-state index contributed by atoms with van der Waals surface area (Å²) >= 11 is 0. The number of carbonyl (C=O) groups excluding carboxylic acids is 3. The molecule has 1 heterocycles. The molecule has 0 saturated carbocycles. The second-order valence-corrected chi connectivity index (χ2v) is 5.80. The van der Waals surface area contributed by atoms with E-state index in [1.54, 1.807) is 19.9 Å². The van der Waals surface area contributed by atoms with E-state index in [2.05, 4.69) is 5.32 Å². The van der Waals surface area contributed by atoms with E-state index in [9.17, 15) is 24.5 Å². The van der Waals surface area contributed by atoms with Crippen molar-refractivity contribution in [1.82, 2.24) is 5.32 Å². The van der Waals surface area contributed by atoms with Crippen LogP contribution in [0.1, 0.15) is 32.4 Å². The molecule has 9 heteroatoms. The van der Waals surface area contributed by atoms with Crippen LogP contribution >= 0.6 is 0 Å². The second-order valence-electron chi connectivity index (χ2n) is 5.80. The Bertz CT molecular complexity index is 798. The summed E-state index contributed by atoms with van der Waals surface area (Å²) in [6.45, 7) is 4.39. The first-order valence-corrected chi connectivity index (χ1v) is 8.37. The van der Waals surface area contributed by atoms with Crippen LogP contribution in [0.15, 0.2) is 35.9 Å². The number of hydrogen-bond acceptors (Lipinski definition) is 8. The fraction of sp³-hybridized carbons (Fsp3) is 0.389. The molecule has 1 aromatic carbocycles. The number of benzene rings is 1. The normalized spacial score (nSPS) is 17.7. The number of hydrogen-bond donors (Lipinski definition) is 1. The van der Waals surface area contributed by atoms with Crippen molar-refractivity contribution in [3.63, 3.8) is 0 Å². The van der Waals surface area contributed by atoms with Gasteiger partial charge in [-0.15, -0.1) is 0 Å². The molecule has 1 aromatic rings. The summed E-state index contributed by atoms with van der Waals surface area (Å²) in [5.41, 5.74) is -2.10. The van der Waals surface area contributed by atoms with Crippen molar-refractivity contribution in [3.8, 4) is 0 Å². The molecule has 27 heavy (non-hydrogen) atoms. The van der Waals surface area contributed by atoms with Crippen molar-refractivity contribution in [2.24, 2.45) is 0 Å². The zero-order chi connectivity index (χ0) is 20.2. The molecule has 1 atom stereocenters. The summed E-state index contributed by atoms with van der Waals surface area (Å²) in [5.74, 6) is -2.33. The third-order valence-electron chi connectivity index (χ3n) is 4.10. The minimum Gasteiger partial charge on any atom is -0.464 e. The highest BCUT2D eigenvalue weighted by atomic mass is 16.6. The van der Waals surface area contributed by atoms with Crippen molar-refractivity contribution in [1.29, 1.82) is 0 Å². The average Bonchev–Trinajstić information content (AvgIpc) is 3.04. The highest BCUT2D eigenvalue weighted by Gasteiger charge is 2.54. The number of Topliss-reactive ketones (excluding diaryl/α,β-unsaturated/α-hetero) is 1. The zero-order valence-electron chi connectivity index (χ0n) is 15.2. The lowest BCUT2D eigenvalue weighted by molar-refractivity contribution is -0.385. The number of nitrogens with zero attached hydrogens (tertiary/aromatic N) is 1. The number of nitro groups is 1. The molecule has 0 aromatic heterocycles. The smallest absolute Gasteiger partial charge is 0.342 e. The Hall–Kier alpha value is -3.07.